The Bertz CT molecular complexity index is 316. The summed E-state index contributed by atoms with van der Waals surface area (Å²) in [6.07, 6.45) is 1.12. The van der Waals surface area contributed by atoms with Crippen LogP contribution in [-0.2, 0) is 14.0 Å². The van der Waals surface area contributed by atoms with Gasteiger partial charge in [0.1, 0.15) is 0 Å². The summed E-state index contributed by atoms with van der Waals surface area (Å²) in [6.45, 7) is 17.7. The highest BCUT2D eigenvalue weighted by Gasteiger charge is 2.40. The van der Waals surface area contributed by atoms with Gasteiger partial charge in [-0.15, -0.1) is 11.8 Å². The highest BCUT2D eigenvalue weighted by atomic mass is 32.2. The van der Waals surface area contributed by atoms with Gasteiger partial charge in [-0.2, -0.15) is 0 Å². The molecule has 5 heteroatoms. The Morgan fingerprint density at radius 2 is 1.65 bits per heavy atom. The number of carbonyl (C=O) groups excluding carboxylic acids is 1. The first-order valence-electron chi connectivity index (χ1n) is 7.21. The van der Waals surface area contributed by atoms with E-state index in [1.54, 1.807) is 11.8 Å². The lowest BCUT2D eigenvalue weighted by atomic mass is 10.2. The van der Waals surface area contributed by atoms with Gasteiger partial charge in [0.15, 0.2) is 8.32 Å². The van der Waals surface area contributed by atoms with Crippen molar-refractivity contribution in [3.8, 4) is 0 Å². The Labute approximate surface area is 130 Å². The van der Waals surface area contributed by atoms with Crippen molar-refractivity contribution in [1.29, 1.82) is 0 Å². The van der Waals surface area contributed by atoms with Crippen LogP contribution in [0.25, 0.3) is 0 Å². The molecule has 0 aliphatic heterocycles. The predicted octanol–water partition coefficient (Wildman–Crippen LogP) is 4.82. The van der Waals surface area contributed by atoms with E-state index in [-0.39, 0.29) is 21.2 Å². The van der Waals surface area contributed by atoms with Crippen LogP contribution in [0.4, 0.5) is 0 Å². The van der Waals surface area contributed by atoms with Crippen LogP contribution in [0.5, 0.6) is 0 Å². The number of ether oxygens (including phenoxy) is 1. The Balaban J connectivity index is 4.81. The van der Waals surface area contributed by atoms with Crippen molar-refractivity contribution in [2.24, 2.45) is 0 Å². The van der Waals surface area contributed by atoms with Crippen molar-refractivity contribution in [3.63, 3.8) is 0 Å². The molecule has 0 radical (unpaired) electrons. The van der Waals surface area contributed by atoms with E-state index in [2.05, 4.69) is 54.6 Å². The van der Waals surface area contributed by atoms with Gasteiger partial charge in [0.25, 0.3) is 0 Å². The summed E-state index contributed by atoms with van der Waals surface area (Å²) in [5, 5.41) is 0.176. The summed E-state index contributed by atoms with van der Waals surface area (Å²) in [6, 6.07) is 0. The third kappa shape index (κ3) is 7.69. The minimum Gasteiger partial charge on any atom is -0.469 e. The molecule has 0 spiro atoms. The van der Waals surface area contributed by atoms with Crippen LogP contribution in [-0.4, -0.2) is 31.6 Å². The fraction of sp³-hybridized carbons (Fsp3) is 0.933. The fourth-order valence-electron chi connectivity index (χ4n) is 1.38. The van der Waals surface area contributed by atoms with Gasteiger partial charge in [-0.3, -0.25) is 4.79 Å². The molecular formula is C15H32O3SSi. The van der Waals surface area contributed by atoms with Crippen molar-refractivity contribution in [2.45, 2.75) is 82.7 Å². The molecule has 0 amide bonds. The molecular weight excluding hydrogens is 288 g/mol. The van der Waals surface area contributed by atoms with Gasteiger partial charge in [0.2, 0.25) is 0 Å². The van der Waals surface area contributed by atoms with Crippen molar-refractivity contribution < 1.29 is 14.0 Å². The SMILES string of the molecule is COC(=O)CC[C@H](O[Si](C)(C)C(C)(C)C)SC(C)(C)C. The van der Waals surface area contributed by atoms with Gasteiger partial charge in [-0.25, -0.2) is 0 Å². The largest absolute Gasteiger partial charge is 0.469 e. The van der Waals surface area contributed by atoms with Crippen molar-refractivity contribution in [1.82, 2.24) is 0 Å². The molecule has 1 atom stereocenters. The molecule has 0 aromatic rings. The Kier molecular flexibility index (Phi) is 7.32. The Morgan fingerprint density at radius 1 is 1.15 bits per heavy atom. The lowest BCUT2D eigenvalue weighted by Gasteiger charge is -2.40. The van der Waals surface area contributed by atoms with Crippen molar-refractivity contribution in [3.05, 3.63) is 0 Å². The summed E-state index contributed by atoms with van der Waals surface area (Å²) >= 11 is 1.80. The van der Waals surface area contributed by atoms with Crippen molar-refractivity contribution >= 4 is 26.0 Å². The molecule has 0 fully saturated rings. The smallest absolute Gasteiger partial charge is 0.305 e. The standard InChI is InChI=1S/C15H32O3SSi/c1-14(2,3)19-13(11-10-12(16)17-7)18-20(8,9)15(4,5)6/h13H,10-11H2,1-9H3/t13-/m1/s1. The lowest BCUT2D eigenvalue weighted by Crippen LogP contribution is -2.44. The van der Waals surface area contributed by atoms with E-state index >= 15 is 0 Å². The zero-order valence-corrected chi connectivity index (χ0v) is 16.4. The van der Waals surface area contributed by atoms with Gasteiger partial charge in [-0.05, 0) is 24.6 Å². The van der Waals surface area contributed by atoms with Crippen LogP contribution < -0.4 is 0 Å². The summed E-state index contributed by atoms with van der Waals surface area (Å²) in [5.41, 5.74) is 0.0509. The van der Waals surface area contributed by atoms with E-state index in [4.69, 9.17) is 9.16 Å². The average Bonchev–Trinajstić information content (AvgIpc) is 2.21. The molecule has 0 aromatic heterocycles. The van der Waals surface area contributed by atoms with Gasteiger partial charge >= 0.3 is 5.97 Å². The van der Waals surface area contributed by atoms with Crippen LogP contribution in [0.1, 0.15) is 54.4 Å². The molecule has 0 saturated heterocycles. The molecule has 0 bridgehead atoms. The first-order chi connectivity index (χ1) is 8.78. The number of esters is 1. The highest BCUT2D eigenvalue weighted by molar-refractivity contribution is 8.01. The second kappa shape index (κ2) is 7.32. The van der Waals surface area contributed by atoms with E-state index in [0.717, 1.165) is 0 Å². The predicted molar refractivity (Wildman–Crippen MR) is 90.7 cm³/mol. The molecule has 3 nitrogen and oxygen atoms in total. The zero-order valence-electron chi connectivity index (χ0n) is 14.6. The zero-order chi connectivity index (χ0) is 16.2. The second-order valence-electron chi connectivity index (χ2n) is 7.65. The number of carbonyl (C=O) groups is 1. The van der Waals surface area contributed by atoms with Crippen molar-refractivity contribution in [2.75, 3.05) is 7.11 Å². The van der Waals surface area contributed by atoms with E-state index in [0.29, 0.717) is 12.8 Å². The fourth-order valence-corrected chi connectivity index (χ4v) is 4.45. The lowest BCUT2D eigenvalue weighted by molar-refractivity contribution is -0.140. The average molecular weight is 321 g/mol. The second-order valence-corrected chi connectivity index (χ2v) is 14.4. The molecule has 0 aromatic carbocycles. The molecule has 0 saturated carbocycles. The maximum absolute atomic E-state index is 11.4. The first-order valence-corrected chi connectivity index (χ1v) is 11.0. The highest BCUT2D eigenvalue weighted by Crippen LogP contribution is 2.41. The molecule has 0 rings (SSSR count). The Morgan fingerprint density at radius 3 is 2.00 bits per heavy atom. The van der Waals surface area contributed by atoms with Gasteiger partial charge in [0, 0.05) is 11.2 Å². The molecule has 20 heavy (non-hydrogen) atoms. The maximum Gasteiger partial charge on any atom is 0.305 e. The van der Waals surface area contributed by atoms with Crippen LogP contribution in [0.15, 0.2) is 0 Å². The third-order valence-electron chi connectivity index (χ3n) is 3.53. The van der Waals surface area contributed by atoms with E-state index < -0.39 is 8.32 Å². The number of hydrogen-bond acceptors (Lipinski definition) is 4. The van der Waals surface area contributed by atoms with Gasteiger partial charge in [0.05, 0.1) is 12.5 Å². The maximum atomic E-state index is 11.4. The van der Waals surface area contributed by atoms with E-state index in [9.17, 15) is 4.79 Å². The molecule has 0 aliphatic carbocycles. The molecule has 0 N–H and O–H groups in total. The molecule has 120 valence electrons. The minimum absolute atomic E-state index is 0.0509. The third-order valence-corrected chi connectivity index (χ3v) is 9.49. The monoisotopic (exact) mass is 320 g/mol. The molecule has 0 heterocycles. The van der Waals surface area contributed by atoms with Gasteiger partial charge < -0.3 is 9.16 Å². The number of thioether (sulfide) groups is 1. The van der Waals surface area contributed by atoms with E-state index in [1.807, 2.05) is 0 Å². The first kappa shape index (κ1) is 20.0. The van der Waals surface area contributed by atoms with E-state index in [1.165, 1.54) is 7.11 Å². The van der Waals surface area contributed by atoms with Crippen LogP contribution in [0, 0.1) is 0 Å². The van der Waals surface area contributed by atoms with Crippen LogP contribution in [0.3, 0.4) is 0 Å². The summed E-state index contributed by atoms with van der Waals surface area (Å²) in [4.78, 5) is 11.4. The van der Waals surface area contributed by atoms with Crippen LogP contribution in [0.2, 0.25) is 18.1 Å². The van der Waals surface area contributed by atoms with Crippen LogP contribution >= 0.6 is 11.8 Å². The molecule has 0 aliphatic rings. The Hall–Kier alpha value is -0.00312. The number of hydrogen-bond donors (Lipinski definition) is 0. The summed E-state index contributed by atoms with van der Waals surface area (Å²) < 4.78 is 11.3. The summed E-state index contributed by atoms with van der Waals surface area (Å²) in [5.74, 6) is -0.164. The summed E-state index contributed by atoms with van der Waals surface area (Å²) in [7, 11) is -0.389. The molecule has 0 unspecified atom stereocenters. The normalized spacial score (nSPS) is 15.1. The van der Waals surface area contributed by atoms with Gasteiger partial charge in [-0.1, -0.05) is 41.5 Å². The number of rotatable bonds is 6. The minimum atomic E-state index is -1.82. The topological polar surface area (TPSA) is 35.5 Å². The number of methoxy groups -OCH3 is 1. The quantitative estimate of drug-likeness (QED) is 0.399.